The summed E-state index contributed by atoms with van der Waals surface area (Å²) in [6, 6.07) is 26.7. The van der Waals surface area contributed by atoms with E-state index in [4.69, 9.17) is 4.52 Å². The third-order valence-corrected chi connectivity index (χ3v) is 6.99. The zero-order valence-corrected chi connectivity index (χ0v) is 25.8. The Morgan fingerprint density at radius 3 is 2.20 bits per heavy atom. The molecule has 0 bridgehead atoms. The molecule has 1 unspecified atom stereocenters. The average molecular weight is 606 g/mol. The van der Waals surface area contributed by atoms with Gasteiger partial charge in [0.2, 0.25) is 11.8 Å². The predicted molar refractivity (Wildman–Crippen MR) is 169 cm³/mol. The Hall–Kier alpha value is -5.58. The molecule has 230 valence electrons. The number of carbonyl (C=O) groups is 3. The Balaban J connectivity index is 1.35. The highest BCUT2D eigenvalue weighted by molar-refractivity contribution is 6.00. The third-order valence-electron chi connectivity index (χ3n) is 6.99. The summed E-state index contributed by atoms with van der Waals surface area (Å²) in [5.74, 6) is -0.494. The summed E-state index contributed by atoms with van der Waals surface area (Å²) in [5, 5.41) is 18.2. The molecule has 11 heteroatoms. The number of nitrogens with zero attached hydrogens (tertiary/aromatic N) is 5. The van der Waals surface area contributed by atoms with Crippen molar-refractivity contribution in [2.24, 2.45) is 0 Å². The van der Waals surface area contributed by atoms with Gasteiger partial charge in [-0.05, 0) is 57.5 Å². The highest BCUT2D eigenvalue weighted by Crippen LogP contribution is 2.29. The van der Waals surface area contributed by atoms with Crippen LogP contribution in [-0.2, 0) is 16.1 Å². The Morgan fingerprint density at radius 1 is 0.933 bits per heavy atom. The highest BCUT2D eigenvalue weighted by Gasteiger charge is 2.33. The summed E-state index contributed by atoms with van der Waals surface area (Å²) in [4.78, 5) is 41.0. The van der Waals surface area contributed by atoms with Gasteiger partial charge in [0.05, 0.1) is 17.9 Å². The van der Waals surface area contributed by atoms with E-state index in [1.54, 1.807) is 54.1 Å². The van der Waals surface area contributed by atoms with Crippen LogP contribution in [-0.4, -0.2) is 43.4 Å². The van der Waals surface area contributed by atoms with Gasteiger partial charge in [-0.25, -0.2) is 4.68 Å². The van der Waals surface area contributed by atoms with Gasteiger partial charge in [-0.15, -0.1) is 5.10 Å². The third kappa shape index (κ3) is 7.15. The smallest absolute Gasteiger partial charge is 0.274 e. The average Bonchev–Trinajstić information content (AvgIpc) is 3.65. The molecule has 1 atom stereocenters. The normalized spacial score (nSPS) is 11.9. The van der Waals surface area contributed by atoms with Crippen LogP contribution in [0, 0.1) is 6.92 Å². The van der Waals surface area contributed by atoms with E-state index in [0.717, 1.165) is 5.56 Å². The SMILES string of the molecule is CC(=O)N(c1ccccc1)C(C(=O)NC(C)(C)C)c1ccc(-n2nnc(C(=O)NCc3cc(-c4ccccc4)no3)c2C)cc1. The van der Waals surface area contributed by atoms with E-state index in [2.05, 4.69) is 26.1 Å². The van der Waals surface area contributed by atoms with Gasteiger partial charge in [-0.1, -0.05) is 71.0 Å². The first-order valence-electron chi connectivity index (χ1n) is 14.5. The monoisotopic (exact) mass is 605 g/mol. The highest BCUT2D eigenvalue weighted by atomic mass is 16.5. The van der Waals surface area contributed by atoms with Crippen molar-refractivity contribution >= 4 is 23.4 Å². The number of rotatable bonds is 9. The first-order valence-corrected chi connectivity index (χ1v) is 14.5. The lowest BCUT2D eigenvalue weighted by Crippen LogP contribution is -2.49. The van der Waals surface area contributed by atoms with Crippen LogP contribution in [0.5, 0.6) is 0 Å². The first kappa shape index (κ1) is 30.9. The fraction of sp³-hybridized carbons (Fsp3) is 0.235. The number of anilines is 1. The van der Waals surface area contributed by atoms with Crippen molar-refractivity contribution < 1.29 is 18.9 Å². The Bertz CT molecular complexity index is 1790. The van der Waals surface area contributed by atoms with Crippen molar-refractivity contribution in [3.8, 4) is 16.9 Å². The topological polar surface area (TPSA) is 135 Å². The van der Waals surface area contributed by atoms with E-state index in [1.165, 1.54) is 11.8 Å². The predicted octanol–water partition coefficient (Wildman–Crippen LogP) is 5.17. The zero-order chi connectivity index (χ0) is 32.1. The van der Waals surface area contributed by atoms with Crippen LogP contribution < -0.4 is 15.5 Å². The van der Waals surface area contributed by atoms with Crippen LogP contribution in [0.25, 0.3) is 16.9 Å². The van der Waals surface area contributed by atoms with Gasteiger partial charge in [0.1, 0.15) is 11.7 Å². The van der Waals surface area contributed by atoms with Gasteiger partial charge < -0.3 is 15.2 Å². The summed E-state index contributed by atoms with van der Waals surface area (Å²) < 4.78 is 6.93. The van der Waals surface area contributed by atoms with Crippen molar-refractivity contribution in [2.45, 2.75) is 52.7 Å². The molecular weight excluding hydrogens is 570 g/mol. The number of carbonyl (C=O) groups excluding carboxylic acids is 3. The summed E-state index contributed by atoms with van der Waals surface area (Å²) in [7, 11) is 0. The number of amides is 3. The van der Waals surface area contributed by atoms with E-state index in [0.29, 0.717) is 34.1 Å². The molecule has 11 nitrogen and oxygen atoms in total. The molecule has 0 saturated carbocycles. The van der Waals surface area contributed by atoms with Crippen molar-refractivity contribution in [3.63, 3.8) is 0 Å². The van der Waals surface area contributed by atoms with Gasteiger partial charge in [0.25, 0.3) is 5.91 Å². The second-order valence-electron chi connectivity index (χ2n) is 11.6. The lowest BCUT2D eigenvalue weighted by atomic mass is 10.0. The molecule has 2 aromatic heterocycles. The number of aromatic nitrogens is 4. The van der Waals surface area contributed by atoms with E-state index in [-0.39, 0.29) is 24.1 Å². The quantitative estimate of drug-likeness (QED) is 0.237. The maximum atomic E-state index is 13.6. The molecule has 0 spiro atoms. The molecule has 0 fully saturated rings. The standard InChI is InChI=1S/C34H35N7O4/c1-22-30(32(43)35-21-28-20-29(38-45-28)24-12-8-6-9-13-24)37-39-41(22)27-18-16-25(17-19-27)31(33(44)36-34(3,4)5)40(23(2)42)26-14-10-7-11-15-26/h6-20,31H,21H2,1-5H3,(H,35,43)(H,36,44). The zero-order valence-electron chi connectivity index (χ0n) is 25.8. The minimum absolute atomic E-state index is 0.131. The lowest BCUT2D eigenvalue weighted by molar-refractivity contribution is -0.127. The number of hydrogen-bond donors (Lipinski definition) is 2. The molecular formula is C34H35N7O4. The Kier molecular flexibility index (Phi) is 8.89. The molecule has 5 aromatic rings. The molecule has 5 rings (SSSR count). The summed E-state index contributed by atoms with van der Waals surface area (Å²) in [6.07, 6.45) is 0. The van der Waals surface area contributed by atoms with Crippen LogP contribution in [0.2, 0.25) is 0 Å². The molecule has 45 heavy (non-hydrogen) atoms. The van der Waals surface area contributed by atoms with Crippen LogP contribution in [0.1, 0.15) is 61.2 Å². The Morgan fingerprint density at radius 2 is 1.58 bits per heavy atom. The van der Waals surface area contributed by atoms with E-state index in [1.807, 2.05) is 69.3 Å². The van der Waals surface area contributed by atoms with Crippen molar-refractivity contribution in [1.29, 1.82) is 0 Å². The number of benzene rings is 3. The fourth-order valence-corrected chi connectivity index (χ4v) is 4.93. The van der Waals surface area contributed by atoms with Crippen molar-refractivity contribution in [1.82, 2.24) is 30.8 Å². The summed E-state index contributed by atoms with van der Waals surface area (Å²) in [5.41, 5.74) is 3.62. The van der Waals surface area contributed by atoms with Crippen LogP contribution >= 0.6 is 0 Å². The lowest BCUT2D eigenvalue weighted by Gasteiger charge is -2.33. The number of para-hydroxylation sites is 1. The minimum Gasteiger partial charge on any atom is -0.359 e. The van der Waals surface area contributed by atoms with Gasteiger partial charge in [0, 0.05) is 29.8 Å². The maximum Gasteiger partial charge on any atom is 0.274 e. The molecule has 0 saturated heterocycles. The van der Waals surface area contributed by atoms with E-state index < -0.39 is 17.5 Å². The number of nitrogens with one attached hydrogen (secondary N) is 2. The minimum atomic E-state index is -0.921. The molecule has 0 radical (unpaired) electrons. The first-order chi connectivity index (χ1) is 21.5. The largest absolute Gasteiger partial charge is 0.359 e. The second kappa shape index (κ2) is 13.0. The maximum absolute atomic E-state index is 13.6. The van der Waals surface area contributed by atoms with Crippen LogP contribution in [0.15, 0.2) is 95.5 Å². The van der Waals surface area contributed by atoms with Crippen molar-refractivity contribution in [3.05, 3.63) is 114 Å². The molecule has 2 N–H and O–H groups in total. The second-order valence-corrected chi connectivity index (χ2v) is 11.6. The van der Waals surface area contributed by atoms with Crippen LogP contribution in [0.4, 0.5) is 5.69 Å². The summed E-state index contributed by atoms with van der Waals surface area (Å²) >= 11 is 0. The molecule has 2 heterocycles. The van der Waals surface area contributed by atoms with Gasteiger partial charge in [-0.3, -0.25) is 19.3 Å². The van der Waals surface area contributed by atoms with Crippen LogP contribution in [0.3, 0.4) is 0 Å². The van der Waals surface area contributed by atoms with Gasteiger partial charge in [0.15, 0.2) is 11.5 Å². The molecule has 0 aliphatic carbocycles. The van der Waals surface area contributed by atoms with E-state index >= 15 is 0 Å². The van der Waals surface area contributed by atoms with Gasteiger partial charge >= 0.3 is 0 Å². The molecule has 0 aliphatic rings. The van der Waals surface area contributed by atoms with E-state index in [9.17, 15) is 14.4 Å². The van der Waals surface area contributed by atoms with Gasteiger partial charge in [-0.2, -0.15) is 0 Å². The summed E-state index contributed by atoms with van der Waals surface area (Å²) in [6.45, 7) is 8.98. The van der Waals surface area contributed by atoms with Crippen molar-refractivity contribution in [2.75, 3.05) is 4.90 Å². The fourth-order valence-electron chi connectivity index (χ4n) is 4.93. The molecule has 3 amide bonds. The molecule has 3 aromatic carbocycles. The Labute approximate surface area is 261 Å². The molecule has 0 aliphatic heterocycles. The number of hydrogen-bond acceptors (Lipinski definition) is 7.